The summed E-state index contributed by atoms with van der Waals surface area (Å²) >= 11 is 3.60. The molecule has 2 fully saturated rings. The summed E-state index contributed by atoms with van der Waals surface area (Å²) in [5, 5.41) is 1.05. The van der Waals surface area contributed by atoms with Crippen molar-refractivity contribution in [1.29, 1.82) is 0 Å². The zero-order valence-electron chi connectivity index (χ0n) is 9.78. The molecule has 0 bridgehead atoms. The fourth-order valence-corrected chi connectivity index (χ4v) is 5.34. The molecule has 1 unspecified atom stereocenters. The van der Waals surface area contributed by atoms with Gasteiger partial charge in [-0.25, -0.2) is 8.42 Å². The largest absolute Gasteiger partial charge is 0.302 e. The molecule has 1 atom stereocenters. The first-order valence-electron chi connectivity index (χ1n) is 5.93. The molecule has 3 nitrogen and oxygen atoms in total. The highest BCUT2D eigenvalue weighted by Gasteiger charge is 2.39. The monoisotopic (exact) mass is 309 g/mol. The molecule has 2 aliphatic rings. The van der Waals surface area contributed by atoms with Gasteiger partial charge in [-0.1, -0.05) is 22.4 Å². The van der Waals surface area contributed by atoms with Crippen LogP contribution in [0.2, 0.25) is 0 Å². The van der Waals surface area contributed by atoms with Gasteiger partial charge in [0.2, 0.25) is 0 Å². The number of nitrogens with zero attached hydrogens (tertiary/aromatic N) is 1. The maximum Gasteiger partial charge on any atom is 0.151 e. The zero-order chi connectivity index (χ0) is 11.8. The topological polar surface area (TPSA) is 37.4 Å². The van der Waals surface area contributed by atoms with Gasteiger partial charge in [0.1, 0.15) is 0 Å². The van der Waals surface area contributed by atoms with Crippen LogP contribution in [0.4, 0.5) is 0 Å². The molecule has 1 saturated carbocycles. The van der Waals surface area contributed by atoms with Gasteiger partial charge in [0.15, 0.2) is 9.84 Å². The van der Waals surface area contributed by atoms with Crippen LogP contribution < -0.4 is 0 Å². The van der Waals surface area contributed by atoms with E-state index in [1.165, 1.54) is 19.3 Å². The van der Waals surface area contributed by atoms with Crippen LogP contribution in [-0.4, -0.2) is 49.8 Å². The molecular weight excluding hydrogens is 290 g/mol. The van der Waals surface area contributed by atoms with E-state index in [2.05, 4.69) is 27.9 Å². The van der Waals surface area contributed by atoms with Crippen molar-refractivity contribution in [3.63, 3.8) is 0 Å². The van der Waals surface area contributed by atoms with Gasteiger partial charge in [0.25, 0.3) is 0 Å². The van der Waals surface area contributed by atoms with Crippen LogP contribution in [-0.2, 0) is 9.84 Å². The summed E-state index contributed by atoms with van der Waals surface area (Å²) in [5.41, 5.74) is 0.418. The first-order valence-corrected chi connectivity index (χ1v) is 8.87. The van der Waals surface area contributed by atoms with Gasteiger partial charge in [-0.3, -0.25) is 0 Å². The Kier molecular flexibility index (Phi) is 3.67. The fourth-order valence-electron chi connectivity index (χ4n) is 2.79. The van der Waals surface area contributed by atoms with Crippen molar-refractivity contribution in [2.45, 2.75) is 31.7 Å². The standard InChI is InChI=1S/C11H20BrNO2S/c1-13(9-11(8-12)4-2-5-11)10-3-6-16(14,15)7-10/h10H,2-9H2,1H3. The van der Waals surface area contributed by atoms with Crippen LogP contribution in [0.3, 0.4) is 0 Å². The third-order valence-electron chi connectivity index (χ3n) is 4.11. The lowest BCUT2D eigenvalue weighted by atomic mass is 9.70. The summed E-state index contributed by atoms with van der Waals surface area (Å²) in [5.74, 6) is 0.741. The molecule has 16 heavy (non-hydrogen) atoms. The number of hydrogen-bond donors (Lipinski definition) is 0. The average Bonchev–Trinajstić information content (AvgIpc) is 2.52. The first-order chi connectivity index (χ1) is 7.46. The Hall–Kier alpha value is 0.390. The number of halogens is 1. The van der Waals surface area contributed by atoms with E-state index in [-0.39, 0.29) is 6.04 Å². The Morgan fingerprint density at radius 3 is 2.50 bits per heavy atom. The van der Waals surface area contributed by atoms with Gasteiger partial charge in [0, 0.05) is 17.9 Å². The average molecular weight is 310 g/mol. The highest BCUT2D eigenvalue weighted by molar-refractivity contribution is 9.09. The summed E-state index contributed by atoms with van der Waals surface area (Å²) in [7, 11) is -0.667. The molecule has 0 aromatic rings. The minimum absolute atomic E-state index is 0.251. The Labute approximate surface area is 107 Å². The molecule has 5 heteroatoms. The van der Waals surface area contributed by atoms with Crippen LogP contribution in [0.5, 0.6) is 0 Å². The second-order valence-corrected chi connectivity index (χ2v) is 8.25. The number of alkyl halides is 1. The van der Waals surface area contributed by atoms with E-state index < -0.39 is 9.84 Å². The van der Waals surface area contributed by atoms with Gasteiger partial charge < -0.3 is 4.90 Å². The van der Waals surface area contributed by atoms with E-state index in [0.29, 0.717) is 16.9 Å². The molecule has 0 aromatic carbocycles. The van der Waals surface area contributed by atoms with Crippen molar-refractivity contribution >= 4 is 25.8 Å². The molecule has 0 amide bonds. The van der Waals surface area contributed by atoms with Crippen molar-refractivity contribution in [2.24, 2.45) is 5.41 Å². The second-order valence-electron chi connectivity index (χ2n) is 5.46. The predicted octanol–water partition coefficient (Wildman–Crippen LogP) is 1.67. The Morgan fingerprint density at radius 1 is 1.44 bits per heavy atom. The summed E-state index contributed by atoms with van der Waals surface area (Å²) in [4.78, 5) is 2.27. The summed E-state index contributed by atoms with van der Waals surface area (Å²) < 4.78 is 22.9. The van der Waals surface area contributed by atoms with E-state index in [1.54, 1.807) is 0 Å². The number of rotatable bonds is 4. The lowest BCUT2D eigenvalue weighted by Gasteiger charge is -2.44. The fraction of sp³-hybridized carbons (Fsp3) is 1.00. The summed E-state index contributed by atoms with van der Waals surface area (Å²) in [6, 6.07) is 0.251. The van der Waals surface area contributed by atoms with E-state index in [9.17, 15) is 8.42 Å². The smallest absolute Gasteiger partial charge is 0.151 e. The van der Waals surface area contributed by atoms with Crippen molar-refractivity contribution in [2.75, 3.05) is 30.4 Å². The molecule has 1 heterocycles. The van der Waals surface area contributed by atoms with Crippen LogP contribution in [0.25, 0.3) is 0 Å². The molecule has 1 saturated heterocycles. The molecular formula is C11H20BrNO2S. The van der Waals surface area contributed by atoms with Crippen LogP contribution in [0, 0.1) is 5.41 Å². The van der Waals surface area contributed by atoms with Crippen molar-refractivity contribution in [3.8, 4) is 0 Å². The van der Waals surface area contributed by atoms with Crippen molar-refractivity contribution in [3.05, 3.63) is 0 Å². The van der Waals surface area contributed by atoms with Crippen molar-refractivity contribution < 1.29 is 8.42 Å². The van der Waals surface area contributed by atoms with Gasteiger partial charge in [-0.05, 0) is 31.7 Å². The maximum absolute atomic E-state index is 11.4. The Morgan fingerprint density at radius 2 is 2.12 bits per heavy atom. The number of hydrogen-bond acceptors (Lipinski definition) is 3. The highest BCUT2D eigenvalue weighted by atomic mass is 79.9. The van der Waals surface area contributed by atoms with E-state index >= 15 is 0 Å². The molecule has 1 aliphatic heterocycles. The number of sulfone groups is 1. The van der Waals surface area contributed by atoms with E-state index in [1.807, 2.05) is 0 Å². The molecule has 0 spiro atoms. The first kappa shape index (κ1) is 12.8. The summed E-state index contributed by atoms with van der Waals surface area (Å²) in [6.07, 6.45) is 4.70. The lowest BCUT2D eigenvalue weighted by molar-refractivity contribution is 0.0879. The van der Waals surface area contributed by atoms with E-state index in [0.717, 1.165) is 18.3 Å². The molecule has 0 N–H and O–H groups in total. The molecule has 0 aromatic heterocycles. The minimum Gasteiger partial charge on any atom is -0.302 e. The third-order valence-corrected chi connectivity index (χ3v) is 7.05. The van der Waals surface area contributed by atoms with E-state index in [4.69, 9.17) is 0 Å². The molecule has 1 aliphatic carbocycles. The van der Waals surface area contributed by atoms with Crippen LogP contribution in [0.15, 0.2) is 0 Å². The predicted molar refractivity (Wildman–Crippen MR) is 69.8 cm³/mol. The van der Waals surface area contributed by atoms with Crippen LogP contribution >= 0.6 is 15.9 Å². The van der Waals surface area contributed by atoms with Gasteiger partial charge in [-0.15, -0.1) is 0 Å². The van der Waals surface area contributed by atoms with Gasteiger partial charge in [-0.2, -0.15) is 0 Å². The third kappa shape index (κ3) is 2.62. The second kappa shape index (κ2) is 4.58. The van der Waals surface area contributed by atoms with Gasteiger partial charge in [0.05, 0.1) is 11.5 Å². The quantitative estimate of drug-likeness (QED) is 0.741. The Balaban J connectivity index is 1.91. The Bertz CT molecular complexity index is 345. The zero-order valence-corrected chi connectivity index (χ0v) is 12.2. The maximum atomic E-state index is 11.4. The molecule has 0 radical (unpaired) electrons. The molecule has 94 valence electrons. The normalized spacial score (nSPS) is 31.6. The minimum atomic E-state index is -2.74. The van der Waals surface area contributed by atoms with Gasteiger partial charge >= 0.3 is 0 Å². The SMILES string of the molecule is CN(CC1(CBr)CCC1)C1CCS(=O)(=O)C1. The lowest BCUT2D eigenvalue weighted by Crippen LogP contribution is -2.46. The highest BCUT2D eigenvalue weighted by Crippen LogP contribution is 2.43. The molecule has 2 rings (SSSR count). The summed E-state index contributed by atoms with van der Waals surface area (Å²) in [6.45, 7) is 1.04. The van der Waals surface area contributed by atoms with Crippen molar-refractivity contribution in [1.82, 2.24) is 4.90 Å². The van der Waals surface area contributed by atoms with Crippen LogP contribution in [0.1, 0.15) is 25.7 Å².